The topological polar surface area (TPSA) is 84.5 Å². The molecular formula is C22H18N2O4S. The fourth-order valence-electron chi connectivity index (χ4n) is 3.20. The number of carbonyl (C=O) groups is 3. The van der Waals surface area contributed by atoms with Gasteiger partial charge in [0.05, 0.1) is 0 Å². The molecule has 6 nitrogen and oxygen atoms in total. The molecule has 0 atom stereocenters. The number of nitrogens with one attached hydrogen (secondary N) is 2. The van der Waals surface area contributed by atoms with Gasteiger partial charge in [0, 0.05) is 10.4 Å². The molecule has 2 aromatic carbocycles. The molecule has 1 aliphatic rings. The Morgan fingerprint density at radius 3 is 2.45 bits per heavy atom. The number of rotatable bonds is 4. The fourth-order valence-corrected chi connectivity index (χ4v) is 4.36. The number of ether oxygens (including phenoxy) is 1. The molecule has 0 spiro atoms. The second-order valence-electron chi connectivity index (χ2n) is 6.57. The van der Waals surface area contributed by atoms with Crippen LogP contribution in [0.5, 0.6) is 0 Å². The molecule has 3 aromatic rings. The summed E-state index contributed by atoms with van der Waals surface area (Å²) in [5.74, 6) is -1.62. The number of aryl methyl sites for hydroxylation is 2. The normalized spacial score (nSPS) is 11.7. The van der Waals surface area contributed by atoms with E-state index in [1.807, 2.05) is 18.2 Å². The van der Waals surface area contributed by atoms with Crippen LogP contribution in [0.2, 0.25) is 0 Å². The van der Waals surface area contributed by atoms with Crippen LogP contribution in [-0.4, -0.2) is 24.4 Å². The van der Waals surface area contributed by atoms with Crippen molar-refractivity contribution in [1.29, 1.82) is 0 Å². The van der Waals surface area contributed by atoms with E-state index in [9.17, 15) is 14.4 Å². The van der Waals surface area contributed by atoms with Gasteiger partial charge < -0.3 is 4.74 Å². The Bertz CT molecular complexity index is 1080. The van der Waals surface area contributed by atoms with Gasteiger partial charge in [0.2, 0.25) is 0 Å². The smallest absolute Gasteiger partial charge is 0.348 e. The van der Waals surface area contributed by atoms with Crippen molar-refractivity contribution < 1.29 is 19.1 Å². The number of hydrazine groups is 1. The number of hydrogen-bond donors (Lipinski definition) is 2. The Labute approximate surface area is 171 Å². The Morgan fingerprint density at radius 2 is 1.62 bits per heavy atom. The van der Waals surface area contributed by atoms with Crippen LogP contribution in [0.3, 0.4) is 0 Å². The molecule has 1 aliphatic carbocycles. The van der Waals surface area contributed by atoms with Gasteiger partial charge in [0.25, 0.3) is 11.8 Å². The third-order valence-corrected chi connectivity index (χ3v) is 5.81. The van der Waals surface area contributed by atoms with E-state index >= 15 is 0 Å². The van der Waals surface area contributed by atoms with Crippen LogP contribution in [0.15, 0.2) is 60.7 Å². The first-order valence-corrected chi connectivity index (χ1v) is 9.96. The Morgan fingerprint density at radius 1 is 0.897 bits per heavy atom. The molecule has 1 aromatic heterocycles. The van der Waals surface area contributed by atoms with Gasteiger partial charge in [-0.2, -0.15) is 0 Å². The number of fused-ring (bicyclic) bond motifs is 3. The molecule has 0 bridgehead atoms. The summed E-state index contributed by atoms with van der Waals surface area (Å²) >= 11 is 1.38. The second kappa shape index (κ2) is 8.28. The summed E-state index contributed by atoms with van der Waals surface area (Å²) in [4.78, 5) is 37.7. The molecule has 29 heavy (non-hydrogen) atoms. The highest BCUT2D eigenvalue weighted by Crippen LogP contribution is 2.39. The monoisotopic (exact) mass is 406 g/mol. The zero-order chi connectivity index (χ0) is 20.2. The van der Waals surface area contributed by atoms with Crippen molar-refractivity contribution in [2.24, 2.45) is 0 Å². The number of amides is 2. The van der Waals surface area contributed by atoms with Gasteiger partial charge in [-0.05, 0) is 47.7 Å². The average Bonchev–Trinajstić information content (AvgIpc) is 3.21. The maximum atomic E-state index is 12.4. The summed E-state index contributed by atoms with van der Waals surface area (Å²) in [6.45, 7) is -0.479. The van der Waals surface area contributed by atoms with Crippen LogP contribution in [0.25, 0.3) is 10.4 Å². The van der Waals surface area contributed by atoms with Crippen molar-refractivity contribution in [3.63, 3.8) is 0 Å². The van der Waals surface area contributed by atoms with Gasteiger partial charge >= 0.3 is 5.97 Å². The minimum absolute atomic E-state index is 0.411. The summed E-state index contributed by atoms with van der Waals surface area (Å²) in [6, 6.07) is 18.5. The van der Waals surface area contributed by atoms with Crippen LogP contribution in [0, 0.1) is 0 Å². The first-order valence-electron chi connectivity index (χ1n) is 9.14. The van der Waals surface area contributed by atoms with E-state index < -0.39 is 24.4 Å². The summed E-state index contributed by atoms with van der Waals surface area (Å²) in [6.07, 6.45) is 1.82. The average molecular weight is 406 g/mol. The lowest BCUT2D eigenvalue weighted by atomic mass is 9.91. The van der Waals surface area contributed by atoms with Gasteiger partial charge in [0.1, 0.15) is 4.88 Å². The van der Waals surface area contributed by atoms with Gasteiger partial charge in [-0.1, -0.05) is 42.5 Å². The highest BCUT2D eigenvalue weighted by Gasteiger charge is 2.22. The van der Waals surface area contributed by atoms with Crippen molar-refractivity contribution in [2.45, 2.75) is 12.8 Å². The van der Waals surface area contributed by atoms with Gasteiger partial charge in [-0.15, -0.1) is 11.3 Å². The zero-order valence-corrected chi connectivity index (χ0v) is 16.3. The number of thiophene rings is 1. The van der Waals surface area contributed by atoms with Crippen molar-refractivity contribution >= 4 is 29.1 Å². The predicted molar refractivity (Wildman–Crippen MR) is 109 cm³/mol. The van der Waals surface area contributed by atoms with Crippen molar-refractivity contribution in [1.82, 2.24) is 10.9 Å². The highest BCUT2D eigenvalue weighted by molar-refractivity contribution is 7.17. The van der Waals surface area contributed by atoms with E-state index in [1.165, 1.54) is 16.9 Å². The maximum Gasteiger partial charge on any atom is 0.348 e. The number of esters is 1. The van der Waals surface area contributed by atoms with Gasteiger partial charge in [0.15, 0.2) is 6.61 Å². The molecule has 0 unspecified atom stereocenters. The fraction of sp³-hybridized carbons (Fsp3) is 0.136. The number of benzene rings is 2. The van der Waals surface area contributed by atoms with Crippen molar-refractivity contribution in [3.05, 3.63) is 82.2 Å². The second-order valence-corrected chi connectivity index (χ2v) is 7.62. The van der Waals surface area contributed by atoms with E-state index in [4.69, 9.17) is 4.74 Å². The lowest BCUT2D eigenvalue weighted by Crippen LogP contribution is -2.43. The molecular weight excluding hydrogens is 388 g/mol. The number of hydrogen-bond acceptors (Lipinski definition) is 5. The van der Waals surface area contributed by atoms with E-state index in [-0.39, 0.29) is 0 Å². The van der Waals surface area contributed by atoms with E-state index in [0.29, 0.717) is 10.4 Å². The molecule has 0 fully saturated rings. The lowest BCUT2D eigenvalue weighted by molar-refractivity contribution is -0.125. The molecule has 0 radical (unpaired) electrons. The molecule has 7 heteroatoms. The van der Waals surface area contributed by atoms with E-state index in [1.54, 1.807) is 30.3 Å². The van der Waals surface area contributed by atoms with Crippen molar-refractivity contribution in [3.8, 4) is 10.4 Å². The summed E-state index contributed by atoms with van der Waals surface area (Å²) in [7, 11) is 0. The number of carbonyl (C=O) groups excluding carboxylic acids is 3. The molecule has 4 rings (SSSR count). The molecule has 0 aliphatic heterocycles. The van der Waals surface area contributed by atoms with Crippen molar-refractivity contribution in [2.75, 3.05) is 6.61 Å². The summed E-state index contributed by atoms with van der Waals surface area (Å²) in [5, 5.41) is 0. The molecule has 2 N–H and O–H groups in total. The third kappa shape index (κ3) is 4.20. The first kappa shape index (κ1) is 18.9. The molecule has 0 saturated heterocycles. The van der Waals surface area contributed by atoms with Gasteiger partial charge in [-0.3, -0.25) is 20.4 Å². The Hall–Kier alpha value is -3.45. The van der Waals surface area contributed by atoms with Crippen LogP contribution >= 0.6 is 11.3 Å². The van der Waals surface area contributed by atoms with Crippen LogP contribution in [0.1, 0.15) is 31.2 Å². The minimum Gasteiger partial charge on any atom is -0.451 e. The SMILES string of the molecule is O=C(COC(=O)c1cc2c(s1)-c1ccccc1CC2)NNC(=O)c1ccccc1. The van der Waals surface area contributed by atoms with E-state index in [2.05, 4.69) is 23.0 Å². The standard InChI is InChI=1S/C22H18N2O4S/c25-19(23-24-21(26)15-7-2-1-3-8-15)13-28-22(27)18-12-16-11-10-14-6-4-5-9-17(14)20(16)29-18/h1-9,12H,10-11,13H2,(H,23,25)(H,24,26). The molecule has 0 saturated carbocycles. The van der Waals surface area contributed by atoms with Crippen LogP contribution in [0.4, 0.5) is 0 Å². The first-order chi connectivity index (χ1) is 14.1. The predicted octanol–water partition coefficient (Wildman–Crippen LogP) is 3.13. The lowest BCUT2D eigenvalue weighted by Gasteiger charge is -2.15. The Kier molecular flexibility index (Phi) is 5.39. The summed E-state index contributed by atoms with van der Waals surface area (Å²) in [5.41, 5.74) is 8.49. The van der Waals surface area contributed by atoms with Gasteiger partial charge in [-0.25, -0.2) is 4.79 Å². The zero-order valence-electron chi connectivity index (χ0n) is 15.4. The largest absolute Gasteiger partial charge is 0.451 e. The minimum atomic E-state index is -0.616. The third-order valence-electron chi connectivity index (χ3n) is 4.62. The quantitative estimate of drug-likeness (QED) is 0.515. The highest BCUT2D eigenvalue weighted by atomic mass is 32.1. The summed E-state index contributed by atoms with van der Waals surface area (Å²) < 4.78 is 5.10. The Balaban J connectivity index is 1.32. The van der Waals surface area contributed by atoms with Crippen LogP contribution in [-0.2, 0) is 22.4 Å². The maximum absolute atomic E-state index is 12.4. The molecule has 2 amide bonds. The molecule has 146 valence electrons. The van der Waals surface area contributed by atoms with Crippen LogP contribution < -0.4 is 10.9 Å². The van der Waals surface area contributed by atoms with E-state index in [0.717, 1.165) is 28.8 Å². The molecule has 1 heterocycles.